The van der Waals surface area contributed by atoms with Gasteiger partial charge in [-0.25, -0.2) is 0 Å². The molecule has 0 spiro atoms. The Morgan fingerprint density at radius 1 is 1.40 bits per heavy atom. The molecule has 1 aromatic carbocycles. The lowest BCUT2D eigenvalue weighted by atomic mass is 9.95. The van der Waals surface area contributed by atoms with Crippen LogP contribution in [0.1, 0.15) is 45.2 Å². The van der Waals surface area contributed by atoms with Crippen molar-refractivity contribution < 1.29 is 4.79 Å². The molecule has 0 saturated carbocycles. The first-order valence-corrected chi connectivity index (χ1v) is 7.61. The van der Waals surface area contributed by atoms with Gasteiger partial charge in [-0.05, 0) is 36.5 Å². The van der Waals surface area contributed by atoms with Crippen molar-refractivity contribution in [2.75, 3.05) is 6.54 Å². The van der Waals surface area contributed by atoms with Gasteiger partial charge in [0, 0.05) is 11.6 Å². The average Bonchev–Trinajstić information content (AvgIpc) is 2.41. The lowest BCUT2D eigenvalue weighted by molar-refractivity contribution is -0.126. The van der Waals surface area contributed by atoms with Crippen molar-refractivity contribution in [2.45, 2.75) is 39.7 Å². The number of halogens is 1. The molecule has 0 heterocycles. The zero-order valence-electron chi connectivity index (χ0n) is 12.5. The summed E-state index contributed by atoms with van der Waals surface area (Å²) in [5.74, 6) is 0.372. The van der Waals surface area contributed by atoms with Crippen LogP contribution in [-0.4, -0.2) is 12.5 Å². The molecule has 4 heteroatoms. The van der Waals surface area contributed by atoms with Crippen LogP contribution in [0.5, 0.6) is 0 Å². The molecule has 2 atom stereocenters. The predicted octanol–water partition coefficient (Wildman–Crippen LogP) is 3.53. The molecule has 3 nitrogen and oxygen atoms in total. The van der Waals surface area contributed by atoms with E-state index in [0.29, 0.717) is 17.5 Å². The lowest BCUT2D eigenvalue weighted by Gasteiger charge is -2.22. The van der Waals surface area contributed by atoms with Crippen LogP contribution in [0, 0.1) is 11.8 Å². The summed E-state index contributed by atoms with van der Waals surface area (Å²) >= 11 is 6.01. The SMILES string of the molecule is CCC(NC(=O)C(CN)CC(C)C)c1cccc(Cl)c1. The second kappa shape index (κ2) is 8.28. The van der Waals surface area contributed by atoms with Gasteiger partial charge in [-0.2, -0.15) is 0 Å². The molecular formula is C16H25ClN2O. The van der Waals surface area contributed by atoms with E-state index in [9.17, 15) is 4.79 Å². The summed E-state index contributed by atoms with van der Waals surface area (Å²) in [4.78, 5) is 12.3. The molecule has 0 aliphatic carbocycles. The molecule has 0 saturated heterocycles. The number of benzene rings is 1. The molecule has 3 N–H and O–H groups in total. The zero-order chi connectivity index (χ0) is 15.1. The van der Waals surface area contributed by atoms with E-state index in [1.165, 1.54) is 0 Å². The number of amides is 1. The van der Waals surface area contributed by atoms with E-state index >= 15 is 0 Å². The summed E-state index contributed by atoms with van der Waals surface area (Å²) < 4.78 is 0. The Labute approximate surface area is 126 Å². The van der Waals surface area contributed by atoms with Crippen LogP contribution in [0.4, 0.5) is 0 Å². The van der Waals surface area contributed by atoms with Crippen molar-refractivity contribution in [1.82, 2.24) is 5.32 Å². The quantitative estimate of drug-likeness (QED) is 0.809. The Kier molecular flexibility index (Phi) is 7.03. The summed E-state index contributed by atoms with van der Waals surface area (Å²) in [6.07, 6.45) is 1.64. The van der Waals surface area contributed by atoms with E-state index in [1.54, 1.807) is 0 Å². The second-order valence-electron chi connectivity index (χ2n) is 5.59. The molecule has 0 fully saturated rings. The van der Waals surface area contributed by atoms with Crippen molar-refractivity contribution in [2.24, 2.45) is 17.6 Å². The highest BCUT2D eigenvalue weighted by Crippen LogP contribution is 2.21. The molecule has 1 aromatic rings. The maximum atomic E-state index is 12.3. The van der Waals surface area contributed by atoms with Crippen LogP contribution in [0.2, 0.25) is 5.02 Å². The standard InChI is InChI=1S/C16H25ClN2O/c1-4-15(12-6-5-7-14(17)9-12)19-16(20)13(10-18)8-11(2)3/h5-7,9,11,13,15H,4,8,10,18H2,1-3H3,(H,19,20). The summed E-state index contributed by atoms with van der Waals surface area (Å²) in [5.41, 5.74) is 6.76. The van der Waals surface area contributed by atoms with Gasteiger partial charge in [0.05, 0.1) is 12.0 Å². The topological polar surface area (TPSA) is 55.1 Å². The van der Waals surface area contributed by atoms with Crippen molar-refractivity contribution in [3.05, 3.63) is 34.9 Å². The van der Waals surface area contributed by atoms with Crippen LogP contribution < -0.4 is 11.1 Å². The van der Waals surface area contributed by atoms with Gasteiger partial charge >= 0.3 is 0 Å². The number of rotatable bonds is 7. The Balaban J connectivity index is 2.74. The first-order valence-electron chi connectivity index (χ1n) is 7.23. The largest absolute Gasteiger partial charge is 0.349 e. The van der Waals surface area contributed by atoms with Crippen LogP contribution in [-0.2, 0) is 4.79 Å². The highest BCUT2D eigenvalue weighted by Gasteiger charge is 2.21. The molecule has 1 rings (SSSR count). The normalized spacial score (nSPS) is 14.1. The second-order valence-corrected chi connectivity index (χ2v) is 6.02. The van der Waals surface area contributed by atoms with Crippen LogP contribution in [0.15, 0.2) is 24.3 Å². The van der Waals surface area contributed by atoms with Gasteiger partial charge in [-0.3, -0.25) is 4.79 Å². The van der Waals surface area contributed by atoms with Gasteiger partial charge in [0.25, 0.3) is 0 Å². The average molecular weight is 297 g/mol. The smallest absolute Gasteiger partial charge is 0.224 e. The Hall–Kier alpha value is -1.06. The van der Waals surface area contributed by atoms with E-state index in [1.807, 2.05) is 31.2 Å². The van der Waals surface area contributed by atoms with E-state index < -0.39 is 0 Å². The maximum absolute atomic E-state index is 12.3. The molecule has 1 amide bonds. The number of nitrogens with two attached hydrogens (primary N) is 1. The highest BCUT2D eigenvalue weighted by atomic mass is 35.5. The molecule has 112 valence electrons. The van der Waals surface area contributed by atoms with Gasteiger partial charge < -0.3 is 11.1 Å². The number of hydrogen-bond acceptors (Lipinski definition) is 2. The fraction of sp³-hybridized carbons (Fsp3) is 0.562. The summed E-state index contributed by atoms with van der Waals surface area (Å²) in [6.45, 7) is 6.64. The van der Waals surface area contributed by atoms with Gasteiger partial charge in [0.1, 0.15) is 0 Å². The third kappa shape index (κ3) is 5.14. The summed E-state index contributed by atoms with van der Waals surface area (Å²) in [7, 11) is 0. The molecular weight excluding hydrogens is 272 g/mol. The van der Waals surface area contributed by atoms with E-state index in [-0.39, 0.29) is 17.9 Å². The van der Waals surface area contributed by atoms with E-state index in [4.69, 9.17) is 17.3 Å². The third-order valence-corrected chi connectivity index (χ3v) is 3.62. The van der Waals surface area contributed by atoms with E-state index in [0.717, 1.165) is 18.4 Å². The van der Waals surface area contributed by atoms with Gasteiger partial charge in [0.15, 0.2) is 0 Å². The predicted molar refractivity (Wildman–Crippen MR) is 84.6 cm³/mol. The fourth-order valence-corrected chi connectivity index (χ4v) is 2.51. The van der Waals surface area contributed by atoms with Gasteiger partial charge in [-0.1, -0.05) is 44.5 Å². The maximum Gasteiger partial charge on any atom is 0.224 e. The molecule has 0 bridgehead atoms. The number of carbonyl (C=O) groups is 1. The van der Waals surface area contributed by atoms with Gasteiger partial charge in [-0.15, -0.1) is 0 Å². The van der Waals surface area contributed by atoms with Crippen LogP contribution >= 0.6 is 11.6 Å². The number of carbonyl (C=O) groups excluding carboxylic acids is 1. The Morgan fingerprint density at radius 3 is 2.60 bits per heavy atom. The number of nitrogens with one attached hydrogen (secondary N) is 1. The highest BCUT2D eigenvalue weighted by molar-refractivity contribution is 6.30. The van der Waals surface area contributed by atoms with E-state index in [2.05, 4.69) is 19.2 Å². The molecule has 0 aromatic heterocycles. The molecule has 20 heavy (non-hydrogen) atoms. The monoisotopic (exact) mass is 296 g/mol. The van der Waals surface area contributed by atoms with Crippen molar-refractivity contribution in [1.29, 1.82) is 0 Å². The minimum Gasteiger partial charge on any atom is -0.349 e. The minimum absolute atomic E-state index is 0.0117. The minimum atomic E-state index is -0.122. The summed E-state index contributed by atoms with van der Waals surface area (Å²) in [5, 5.41) is 3.78. The lowest BCUT2D eigenvalue weighted by Crippen LogP contribution is -2.37. The van der Waals surface area contributed by atoms with Crippen molar-refractivity contribution in [3.63, 3.8) is 0 Å². The fourth-order valence-electron chi connectivity index (χ4n) is 2.31. The molecule has 0 aliphatic rings. The molecule has 0 radical (unpaired) electrons. The first-order chi connectivity index (χ1) is 9.47. The Bertz CT molecular complexity index is 434. The van der Waals surface area contributed by atoms with Crippen LogP contribution in [0.3, 0.4) is 0 Å². The molecule has 2 unspecified atom stereocenters. The van der Waals surface area contributed by atoms with Crippen LogP contribution in [0.25, 0.3) is 0 Å². The van der Waals surface area contributed by atoms with Crippen molar-refractivity contribution in [3.8, 4) is 0 Å². The third-order valence-electron chi connectivity index (χ3n) is 3.39. The number of hydrogen-bond donors (Lipinski definition) is 2. The van der Waals surface area contributed by atoms with Gasteiger partial charge in [0.2, 0.25) is 5.91 Å². The zero-order valence-corrected chi connectivity index (χ0v) is 13.3. The van der Waals surface area contributed by atoms with Crippen molar-refractivity contribution >= 4 is 17.5 Å². The molecule has 0 aliphatic heterocycles. The first kappa shape index (κ1) is 17.0. The Morgan fingerprint density at radius 2 is 2.10 bits per heavy atom. The summed E-state index contributed by atoms with van der Waals surface area (Å²) in [6, 6.07) is 7.61.